The van der Waals surface area contributed by atoms with Crippen LogP contribution in [-0.2, 0) is 26.0 Å². The molecule has 9 heteroatoms. The zero-order chi connectivity index (χ0) is 23.0. The van der Waals surface area contributed by atoms with Gasteiger partial charge in [0.05, 0.1) is 31.3 Å². The maximum absolute atomic E-state index is 12.7. The fourth-order valence-corrected chi connectivity index (χ4v) is 4.79. The van der Waals surface area contributed by atoms with Crippen LogP contribution >= 0.6 is 0 Å². The Balaban J connectivity index is 1.56. The molecule has 1 aliphatic rings. The zero-order valence-corrected chi connectivity index (χ0v) is 19.3. The maximum Gasteiger partial charge on any atom is 0.243 e. The number of anilines is 1. The molecule has 0 atom stereocenters. The molecule has 1 heterocycles. The number of carbonyl (C=O) groups excluding carboxylic acids is 1. The highest BCUT2D eigenvalue weighted by Gasteiger charge is 2.26. The third-order valence-electron chi connectivity index (χ3n) is 4.99. The first-order chi connectivity index (χ1) is 15.4. The van der Waals surface area contributed by atoms with Gasteiger partial charge in [-0.05, 0) is 62.2 Å². The molecule has 0 aliphatic carbocycles. The second kappa shape index (κ2) is 11.3. The molecule has 174 valence electrons. The second-order valence-corrected chi connectivity index (χ2v) is 9.17. The third-order valence-corrected chi connectivity index (χ3v) is 6.91. The van der Waals surface area contributed by atoms with Crippen LogP contribution in [0.3, 0.4) is 0 Å². The number of hydrogen-bond acceptors (Lipinski definition) is 6. The number of rotatable bonds is 10. The number of aryl methyl sites for hydroxylation is 1. The normalized spacial score (nSPS) is 14.7. The van der Waals surface area contributed by atoms with Crippen LogP contribution in [0, 0.1) is 0 Å². The Morgan fingerprint density at radius 3 is 2.31 bits per heavy atom. The van der Waals surface area contributed by atoms with Gasteiger partial charge in [-0.25, -0.2) is 8.42 Å². The van der Waals surface area contributed by atoms with E-state index in [1.54, 1.807) is 12.1 Å². The van der Waals surface area contributed by atoms with Crippen LogP contribution in [0.15, 0.2) is 47.4 Å². The van der Waals surface area contributed by atoms with E-state index in [0.717, 1.165) is 5.56 Å². The van der Waals surface area contributed by atoms with Crippen molar-refractivity contribution in [3.8, 4) is 11.5 Å². The van der Waals surface area contributed by atoms with Gasteiger partial charge in [-0.3, -0.25) is 4.79 Å². The van der Waals surface area contributed by atoms with Gasteiger partial charge < -0.3 is 19.5 Å². The standard InChI is InChI=1S/C23H30N2O6S/c1-3-30-21-11-5-18(17-22(21)31-4-2)6-12-23(26)24-19-7-9-20(10-8-19)32(27,28)25-13-15-29-16-14-25/h5,7-11,17H,3-4,6,12-16H2,1-2H3,(H,24,26). The summed E-state index contributed by atoms with van der Waals surface area (Å²) in [6.07, 6.45) is 0.829. The molecule has 0 spiro atoms. The average molecular weight is 463 g/mol. The molecule has 2 aromatic carbocycles. The number of nitrogens with one attached hydrogen (secondary N) is 1. The van der Waals surface area contributed by atoms with Crippen molar-refractivity contribution in [2.24, 2.45) is 0 Å². The molecule has 0 unspecified atom stereocenters. The van der Waals surface area contributed by atoms with Crippen molar-refractivity contribution >= 4 is 21.6 Å². The Morgan fingerprint density at radius 1 is 1.00 bits per heavy atom. The van der Waals surface area contributed by atoms with Gasteiger partial charge in [0, 0.05) is 25.2 Å². The largest absolute Gasteiger partial charge is 0.490 e. The number of nitrogens with zero attached hydrogens (tertiary/aromatic N) is 1. The first kappa shape index (κ1) is 24.0. The van der Waals surface area contributed by atoms with E-state index < -0.39 is 10.0 Å². The van der Waals surface area contributed by atoms with Crippen molar-refractivity contribution in [1.82, 2.24) is 4.31 Å². The molecule has 2 aromatic rings. The Kier molecular flexibility index (Phi) is 8.49. The number of carbonyl (C=O) groups is 1. The van der Waals surface area contributed by atoms with Crippen LogP contribution in [0.25, 0.3) is 0 Å². The molecule has 8 nitrogen and oxygen atoms in total. The van der Waals surface area contributed by atoms with Crippen LogP contribution in [0.1, 0.15) is 25.8 Å². The summed E-state index contributed by atoms with van der Waals surface area (Å²) >= 11 is 0. The molecule has 1 saturated heterocycles. The molecule has 0 radical (unpaired) electrons. The number of amides is 1. The number of morpholine rings is 1. The first-order valence-electron chi connectivity index (χ1n) is 10.8. The minimum Gasteiger partial charge on any atom is -0.490 e. The summed E-state index contributed by atoms with van der Waals surface area (Å²) in [6, 6.07) is 11.9. The molecule has 1 amide bonds. The van der Waals surface area contributed by atoms with Crippen LogP contribution < -0.4 is 14.8 Å². The summed E-state index contributed by atoms with van der Waals surface area (Å²) in [5, 5.41) is 2.82. The molecule has 1 fully saturated rings. The monoisotopic (exact) mass is 462 g/mol. The minimum atomic E-state index is -3.55. The summed E-state index contributed by atoms with van der Waals surface area (Å²) in [4.78, 5) is 12.6. The molecular formula is C23H30N2O6S. The van der Waals surface area contributed by atoms with Crippen molar-refractivity contribution in [3.63, 3.8) is 0 Å². The van der Waals surface area contributed by atoms with Crippen molar-refractivity contribution in [2.45, 2.75) is 31.6 Å². The lowest BCUT2D eigenvalue weighted by atomic mass is 10.1. The van der Waals surface area contributed by atoms with Crippen LogP contribution in [0.5, 0.6) is 11.5 Å². The molecule has 32 heavy (non-hydrogen) atoms. The maximum atomic E-state index is 12.7. The van der Waals surface area contributed by atoms with Gasteiger partial charge in [0.1, 0.15) is 0 Å². The van der Waals surface area contributed by atoms with Gasteiger partial charge in [0.25, 0.3) is 0 Å². The topological polar surface area (TPSA) is 94.2 Å². The van der Waals surface area contributed by atoms with E-state index in [-0.39, 0.29) is 17.2 Å². The number of ether oxygens (including phenoxy) is 3. The van der Waals surface area contributed by atoms with Crippen molar-refractivity contribution in [3.05, 3.63) is 48.0 Å². The smallest absolute Gasteiger partial charge is 0.243 e. The van der Waals surface area contributed by atoms with Gasteiger partial charge in [-0.15, -0.1) is 0 Å². The summed E-state index contributed by atoms with van der Waals surface area (Å²) in [7, 11) is -3.55. The molecule has 0 saturated carbocycles. The van der Waals surface area contributed by atoms with Gasteiger partial charge in [0.15, 0.2) is 11.5 Å². The Labute approximate surface area is 189 Å². The number of sulfonamides is 1. The van der Waals surface area contributed by atoms with E-state index in [0.29, 0.717) is 63.1 Å². The Bertz CT molecular complexity index is 1000. The molecule has 1 aliphatic heterocycles. The molecule has 3 rings (SSSR count). The van der Waals surface area contributed by atoms with E-state index in [9.17, 15) is 13.2 Å². The molecule has 0 aromatic heterocycles. The SMILES string of the molecule is CCOc1ccc(CCC(=O)Nc2ccc(S(=O)(=O)N3CCOCC3)cc2)cc1OCC. The number of benzene rings is 2. The first-order valence-corrected chi connectivity index (χ1v) is 12.2. The highest BCUT2D eigenvalue weighted by Crippen LogP contribution is 2.29. The highest BCUT2D eigenvalue weighted by atomic mass is 32.2. The average Bonchev–Trinajstić information content (AvgIpc) is 2.80. The van der Waals surface area contributed by atoms with Gasteiger partial charge in [-0.1, -0.05) is 6.07 Å². The predicted molar refractivity (Wildman–Crippen MR) is 122 cm³/mol. The van der Waals surface area contributed by atoms with E-state index in [1.807, 2.05) is 32.0 Å². The van der Waals surface area contributed by atoms with Gasteiger partial charge in [-0.2, -0.15) is 4.31 Å². The highest BCUT2D eigenvalue weighted by molar-refractivity contribution is 7.89. The van der Waals surface area contributed by atoms with Crippen molar-refractivity contribution in [1.29, 1.82) is 0 Å². The third kappa shape index (κ3) is 6.21. The fraction of sp³-hybridized carbons (Fsp3) is 0.435. The molecular weight excluding hydrogens is 432 g/mol. The lowest BCUT2D eigenvalue weighted by Gasteiger charge is -2.26. The quantitative estimate of drug-likeness (QED) is 0.583. The Morgan fingerprint density at radius 2 is 1.66 bits per heavy atom. The zero-order valence-electron chi connectivity index (χ0n) is 18.5. The molecule has 0 bridgehead atoms. The predicted octanol–water partition coefficient (Wildman–Crippen LogP) is 3.08. The van der Waals surface area contributed by atoms with Gasteiger partial charge in [0.2, 0.25) is 15.9 Å². The Hall–Kier alpha value is -2.62. The number of hydrogen-bond donors (Lipinski definition) is 1. The van der Waals surface area contributed by atoms with Crippen LogP contribution in [0.4, 0.5) is 5.69 Å². The van der Waals surface area contributed by atoms with Crippen molar-refractivity contribution < 1.29 is 27.4 Å². The lowest BCUT2D eigenvalue weighted by molar-refractivity contribution is -0.116. The van der Waals surface area contributed by atoms with E-state index in [2.05, 4.69) is 5.32 Å². The second-order valence-electron chi connectivity index (χ2n) is 7.24. The van der Waals surface area contributed by atoms with E-state index in [1.165, 1.54) is 16.4 Å². The van der Waals surface area contributed by atoms with Crippen LogP contribution in [-0.4, -0.2) is 58.1 Å². The fourth-order valence-electron chi connectivity index (χ4n) is 3.38. The minimum absolute atomic E-state index is 0.152. The summed E-state index contributed by atoms with van der Waals surface area (Å²) in [5.74, 6) is 1.21. The van der Waals surface area contributed by atoms with E-state index >= 15 is 0 Å². The summed E-state index contributed by atoms with van der Waals surface area (Å²) in [6.45, 7) is 6.39. The van der Waals surface area contributed by atoms with Crippen LogP contribution in [0.2, 0.25) is 0 Å². The summed E-state index contributed by atoms with van der Waals surface area (Å²) < 4.78 is 43.2. The summed E-state index contributed by atoms with van der Waals surface area (Å²) in [5.41, 5.74) is 1.52. The van der Waals surface area contributed by atoms with E-state index in [4.69, 9.17) is 14.2 Å². The van der Waals surface area contributed by atoms with Gasteiger partial charge >= 0.3 is 0 Å². The van der Waals surface area contributed by atoms with Crippen molar-refractivity contribution in [2.75, 3.05) is 44.8 Å². The lowest BCUT2D eigenvalue weighted by Crippen LogP contribution is -2.40. The molecule has 1 N–H and O–H groups in total.